The summed E-state index contributed by atoms with van der Waals surface area (Å²) in [5.41, 5.74) is 4.71. The van der Waals surface area contributed by atoms with Gasteiger partial charge in [0.1, 0.15) is 5.76 Å². The molecule has 0 bridgehead atoms. The van der Waals surface area contributed by atoms with Crippen molar-refractivity contribution >= 4 is 12.0 Å². The Morgan fingerprint density at radius 3 is 3.09 bits per heavy atom. The Kier molecular flexibility index (Phi) is 2.32. The first-order chi connectivity index (χ1) is 5.33. The SMILES string of the molecule is [NH2+]=NC(=O)/C=C/c1ccco1. The summed E-state index contributed by atoms with van der Waals surface area (Å²) in [7, 11) is 0. The fraction of sp³-hybridized carbons (Fsp3) is 0. The zero-order valence-corrected chi connectivity index (χ0v) is 5.73. The molecule has 2 N–H and O–H groups in total. The lowest BCUT2D eigenvalue weighted by molar-refractivity contribution is -0.220. The molecule has 0 aliphatic heterocycles. The first kappa shape index (κ1) is 7.40. The number of nitrogens with two attached hydrogens (primary N) is 1. The van der Waals surface area contributed by atoms with Crippen molar-refractivity contribution in [2.75, 3.05) is 0 Å². The highest BCUT2D eigenvalue weighted by molar-refractivity contribution is 5.91. The molecule has 1 heterocycles. The molecule has 1 aromatic heterocycles. The zero-order chi connectivity index (χ0) is 8.10. The summed E-state index contributed by atoms with van der Waals surface area (Å²) >= 11 is 0. The van der Waals surface area contributed by atoms with E-state index in [9.17, 15) is 4.79 Å². The van der Waals surface area contributed by atoms with Gasteiger partial charge in [0.05, 0.1) is 6.26 Å². The van der Waals surface area contributed by atoms with Crippen LogP contribution >= 0.6 is 0 Å². The van der Waals surface area contributed by atoms with Crippen LogP contribution in [0.1, 0.15) is 5.76 Å². The van der Waals surface area contributed by atoms with Crippen LogP contribution in [0.5, 0.6) is 0 Å². The van der Waals surface area contributed by atoms with Gasteiger partial charge in [-0.1, -0.05) is 0 Å². The van der Waals surface area contributed by atoms with E-state index in [4.69, 9.17) is 9.95 Å². The molecule has 0 unspecified atom stereocenters. The second-order valence-corrected chi connectivity index (χ2v) is 1.82. The van der Waals surface area contributed by atoms with Crippen molar-refractivity contribution in [1.29, 1.82) is 0 Å². The van der Waals surface area contributed by atoms with E-state index in [1.807, 2.05) is 0 Å². The van der Waals surface area contributed by atoms with Crippen molar-refractivity contribution in [3.8, 4) is 0 Å². The quantitative estimate of drug-likeness (QED) is 0.478. The number of hydrogen-bond acceptors (Lipinski definition) is 2. The van der Waals surface area contributed by atoms with E-state index in [2.05, 4.69) is 5.11 Å². The fourth-order valence-corrected chi connectivity index (χ4v) is 0.583. The summed E-state index contributed by atoms with van der Waals surface area (Å²) in [6, 6.07) is 3.45. The van der Waals surface area contributed by atoms with Gasteiger partial charge in [0.25, 0.3) is 0 Å². The van der Waals surface area contributed by atoms with Gasteiger partial charge in [-0.2, -0.15) is 0 Å². The molecule has 1 amide bonds. The van der Waals surface area contributed by atoms with Crippen molar-refractivity contribution < 1.29 is 14.7 Å². The molecular formula is C7H7N2O2+. The van der Waals surface area contributed by atoms with Crippen LogP contribution in [0.3, 0.4) is 0 Å². The molecule has 1 rings (SSSR count). The number of furan rings is 1. The smallest absolute Gasteiger partial charge is 0.331 e. The maximum atomic E-state index is 10.5. The van der Waals surface area contributed by atoms with Crippen LogP contribution in [-0.2, 0) is 4.79 Å². The third-order valence-corrected chi connectivity index (χ3v) is 1.06. The molecular weight excluding hydrogens is 144 g/mol. The standard InChI is InChI=1S/C7H6N2O2/c8-9-7(10)4-3-6-2-1-5-11-6/h1-5,8H/p+1/b4-3+,9-8?. The van der Waals surface area contributed by atoms with Crippen molar-refractivity contribution in [3.05, 3.63) is 30.2 Å². The van der Waals surface area contributed by atoms with Crippen LogP contribution in [-0.4, -0.2) is 5.91 Å². The van der Waals surface area contributed by atoms with Crippen LogP contribution in [0.4, 0.5) is 0 Å². The van der Waals surface area contributed by atoms with E-state index in [1.54, 1.807) is 12.1 Å². The Balaban J connectivity index is 2.62. The van der Waals surface area contributed by atoms with Gasteiger partial charge in [-0.05, 0) is 18.2 Å². The summed E-state index contributed by atoms with van der Waals surface area (Å²) < 4.78 is 4.91. The molecule has 0 aliphatic carbocycles. The Hall–Kier alpha value is -1.71. The highest BCUT2D eigenvalue weighted by atomic mass is 16.3. The van der Waals surface area contributed by atoms with Crippen molar-refractivity contribution in [2.24, 2.45) is 5.11 Å². The molecule has 0 aromatic carbocycles. The number of carbonyl (C=O) groups excluding carboxylic acids is 1. The van der Waals surface area contributed by atoms with Crippen LogP contribution < -0.4 is 5.53 Å². The number of carbonyl (C=O) groups is 1. The second kappa shape index (κ2) is 3.46. The third kappa shape index (κ3) is 2.17. The van der Waals surface area contributed by atoms with Gasteiger partial charge in [0, 0.05) is 11.2 Å². The summed E-state index contributed by atoms with van der Waals surface area (Å²) in [5, 5.41) is 2.92. The predicted molar refractivity (Wildman–Crippen MR) is 37.1 cm³/mol. The van der Waals surface area contributed by atoms with Gasteiger partial charge in [0.2, 0.25) is 0 Å². The summed E-state index contributed by atoms with van der Waals surface area (Å²) in [5.74, 6) is 0.114. The largest absolute Gasteiger partial charge is 0.465 e. The molecule has 56 valence electrons. The van der Waals surface area contributed by atoms with Gasteiger partial charge in [-0.15, -0.1) is 5.53 Å². The number of nitrogens with zero attached hydrogens (tertiary/aromatic N) is 1. The molecule has 0 fully saturated rings. The summed E-state index contributed by atoms with van der Waals surface area (Å²) in [6.45, 7) is 0. The minimum Gasteiger partial charge on any atom is -0.465 e. The molecule has 0 saturated heterocycles. The molecule has 0 radical (unpaired) electrons. The maximum absolute atomic E-state index is 10.5. The second-order valence-electron chi connectivity index (χ2n) is 1.82. The van der Waals surface area contributed by atoms with Crippen molar-refractivity contribution in [2.45, 2.75) is 0 Å². The van der Waals surface area contributed by atoms with Gasteiger partial charge in [-0.3, -0.25) is 4.79 Å². The van der Waals surface area contributed by atoms with E-state index < -0.39 is 5.91 Å². The lowest BCUT2D eigenvalue weighted by Gasteiger charge is -1.78. The Morgan fingerprint density at radius 2 is 2.55 bits per heavy atom. The van der Waals surface area contributed by atoms with E-state index >= 15 is 0 Å². The average Bonchev–Trinajstić information content (AvgIpc) is 2.52. The number of amides is 1. The first-order valence-corrected chi connectivity index (χ1v) is 2.99. The fourth-order valence-electron chi connectivity index (χ4n) is 0.583. The van der Waals surface area contributed by atoms with E-state index in [1.165, 1.54) is 18.4 Å². The lowest BCUT2D eigenvalue weighted by Crippen LogP contribution is -2.25. The van der Waals surface area contributed by atoms with Crippen LogP contribution in [0.25, 0.3) is 6.08 Å². The molecule has 0 aliphatic rings. The molecule has 11 heavy (non-hydrogen) atoms. The van der Waals surface area contributed by atoms with E-state index in [0.29, 0.717) is 5.76 Å². The monoisotopic (exact) mass is 151 g/mol. The Bertz CT molecular complexity index is 275. The van der Waals surface area contributed by atoms with Crippen LogP contribution in [0.2, 0.25) is 0 Å². The molecule has 4 heteroatoms. The zero-order valence-electron chi connectivity index (χ0n) is 5.73. The normalized spacial score (nSPS) is 10.2. The third-order valence-electron chi connectivity index (χ3n) is 1.06. The van der Waals surface area contributed by atoms with Crippen LogP contribution in [0.15, 0.2) is 34.0 Å². The van der Waals surface area contributed by atoms with Gasteiger partial charge in [-0.25, -0.2) is 0 Å². The first-order valence-electron chi connectivity index (χ1n) is 2.99. The average molecular weight is 151 g/mol. The highest BCUT2D eigenvalue weighted by Gasteiger charge is 1.93. The summed E-state index contributed by atoms with van der Waals surface area (Å²) in [6.07, 6.45) is 4.25. The number of hydrogen-bond donors (Lipinski definition) is 1. The molecule has 0 spiro atoms. The minimum atomic E-state index is -0.485. The highest BCUT2D eigenvalue weighted by Crippen LogP contribution is 2.01. The van der Waals surface area contributed by atoms with E-state index in [-0.39, 0.29) is 0 Å². The Labute approximate surface area is 63.0 Å². The van der Waals surface area contributed by atoms with Crippen LogP contribution in [0, 0.1) is 0 Å². The lowest BCUT2D eigenvalue weighted by atomic mass is 10.4. The molecule has 1 aromatic rings. The van der Waals surface area contributed by atoms with E-state index in [0.717, 1.165) is 0 Å². The topological polar surface area (TPSA) is 68.2 Å². The maximum Gasteiger partial charge on any atom is 0.331 e. The number of rotatable bonds is 2. The minimum absolute atomic E-state index is 0.485. The Morgan fingerprint density at radius 1 is 1.73 bits per heavy atom. The van der Waals surface area contributed by atoms with Crippen molar-refractivity contribution in [1.82, 2.24) is 0 Å². The molecule has 0 saturated carbocycles. The van der Waals surface area contributed by atoms with Crippen molar-refractivity contribution in [3.63, 3.8) is 0 Å². The summed E-state index contributed by atoms with van der Waals surface area (Å²) in [4.78, 5) is 10.5. The van der Waals surface area contributed by atoms with Gasteiger partial charge < -0.3 is 4.42 Å². The molecule has 4 nitrogen and oxygen atoms in total. The predicted octanol–water partition coefficient (Wildman–Crippen LogP) is 0.0307. The van der Waals surface area contributed by atoms with Gasteiger partial charge in [0.15, 0.2) is 0 Å². The van der Waals surface area contributed by atoms with Gasteiger partial charge >= 0.3 is 5.91 Å². The molecule has 0 atom stereocenters.